The molecule has 0 bridgehead atoms. The van der Waals surface area contributed by atoms with Gasteiger partial charge in [-0.15, -0.1) is 0 Å². The molecule has 0 atom stereocenters. The molecule has 4 nitrogen and oxygen atoms in total. The number of amidine groups is 1. The van der Waals surface area contributed by atoms with Crippen LogP contribution in [0.3, 0.4) is 0 Å². The first-order valence-electron chi connectivity index (χ1n) is 6.44. The molecule has 0 unspecified atom stereocenters. The maximum absolute atomic E-state index is 7.57. The molecule has 4 heteroatoms. The van der Waals surface area contributed by atoms with Crippen molar-refractivity contribution < 1.29 is 0 Å². The molecule has 0 aliphatic carbocycles. The first-order valence-corrected chi connectivity index (χ1v) is 6.44. The van der Waals surface area contributed by atoms with Crippen molar-refractivity contribution >= 4 is 5.84 Å². The van der Waals surface area contributed by atoms with E-state index in [1.807, 2.05) is 12.1 Å². The Labute approximate surface area is 110 Å². The van der Waals surface area contributed by atoms with Crippen molar-refractivity contribution in [2.75, 3.05) is 6.54 Å². The maximum Gasteiger partial charge on any atom is 0.142 e. The van der Waals surface area contributed by atoms with Crippen LogP contribution in [0.1, 0.15) is 39.0 Å². The Morgan fingerprint density at radius 2 is 2.06 bits per heavy atom. The number of nitrogens with two attached hydrogens (primary N) is 1. The van der Waals surface area contributed by atoms with Gasteiger partial charge in [-0.25, -0.2) is 0 Å². The molecular formula is C14H24N4. The van der Waals surface area contributed by atoms with E-state index >= 15 is 0 Å². The maximum atomic E-state index is 7.57. The summed E-state index contributed by atoms with van der Waals surface area (Å²) in [4.78, 5) is 6.58. The molecule has 0 aliphatic rings. The highest BCUT2D eigenvalue weighted by Gasteiger charge is 2.15. The average Bonchev–Trinajstić information content (AvgIpc) is 2.27. The first-order chi connectivity index (χ1) is 8.41. The molecule has 3 N–H and O–H groups in total. The predicted octanol–water partition coefficient (Wildman–Crippen LogP) is 2.23. The van der Waals surface area contributed by atoms with E-state index in [-0.39, 0.29) is 5.84 Å². The normalized spacial score (nSPS) is 11.5. The number of hydrogen-bond acceptors (Lipinski definition) is 3. The summed E-state index contributed by atoms with van der Waals surface area (Å²) in [5.41, 5.74) is 7.20. The molecule has 0 radical (unpaired) electrons. The Morgan fingerprint density at radius 1 is 1.39 bits per heavy atom. The van der Waals surface area contributed by atoms with Gasteiger partial charge in [0.15, 0.2) is 0 Å². The van der Waals surface area contributed by atoms with E-state index in [0.29, 0.717) is 17.7 Å². The third-order valence-corrected chi connectivity index (χ3v) is 2.85. The van der Waals surface area contributed by atoms with Crippen LogP contribution in [0.15, 0.2) is 18.3 Å². The summed E-state index contributed by atoms with van der Waals surface area (Å²) in [5.74, 6) is 0.656. The second-order valence-electron chi connectivity index (χ2n) is 5.34. The zero-order chi connectivity index (χ0) is 13.7. The summed E-state index contributed by atoms with van der Waals surface area (Å²) in [5, 5.41) is 7.57. The second-order valence-corrected chi connectivity index (χ2v) is 5.34. The fourth-order valence-corrected chi connectivity index (χ4v) is 1.95. The number of pyridine rings is 1. The predicted molar refractivity (Wildman–Crippen MR) is 75.6 cm³/mol. The molecule has 100 valence electrons. The van der Waals surface area contributed by atoms with E-state index in [0.717, 1.165) is 18.7 Å². The van der Waals surface area contributed by atoms with Gasteiger partial charge < -0.3 is 5.73 Å². The van der Waals surface area contributed by atoms with Crippen LogP contribution in [-0.4, -0.2) is 28.3 Å². The van der Waals surface area contributed by atoms with Crippen molar-refractivity contribution in [1.29, 1.82) is 5.41 Å². The second kappa shape index (κ2) is 6.50. The fourth-order valence-electron chi connectivity index (χ4n) is 1.95. The monoisotopic (exact) mass is 248 g/mol. The van der Waals surface area contributed by atoms with Crippen molar-refractivity contribution in [2.45, 2.75) is 40.3 Å². The summed E-state index contributed by atoms with van der Waals surface area (Å²) < 4.78 is 0. The lowest BCUT2D eigenvalue weighted by atomic mass is 10.1. The average molecular weight is 248 g/mol. The Bertz CT molecular complexity index is 399. The zero-order valence-corrected chi connectivity index (χ0v) is 11.8. The molecule has 0 saturated carbocycles. The quantitative estimate of drug-likeness (QED) is 0.599. The van der Waals surface area contributed by atoms with Crippen LogP contribution >= 0.6 is 0 Å². The van der Waals surface area contributed by atoms with Crippen LogP contribution in [0.25, 0.3) is 0 Å². The van der Waals surface area contributed by atoms with Crippen molar-refractivity contribution in [1.82, 2.24) is 9.88 Å². The van der Waals surface area contributed by atoms with Crippen molar-refractivity contribution in [2.24, 2.45) is 11.7 Å². The fraction of sp³-hybridized carbons (Fsp3) is 0.571. The lowest BCUT2D eigenvalue weighted by Gasteiger charge is -2.28. The molecule has 0 aromatic carbocycles. The number of nitrogen functional groups attached to an aromatic ring is 1. The van der Waals surface area contributed by atoms with Crippen LogP contribution < -0.4 is 5.73 Å². The molecule has 1 aromatic heterocycles. The number of rotatable bonds is 6. The minimum absolute atomic E-state index is 0.0406. The van der Waals surface area contributed by atoms with Crippen LogP contribution in [0.4, 0.5) is 0 Å². The molecule has 1 rings (SSSR count). The Morgan fingerprint density at radius 3 is 2.56 bits per heavy atom. The van der Waals surface area contributed by atoms with E-state index in [1.165, 1.54) is 0 Å². The highest BCUT2D eigenvalue weighted by atomic mass is 15.1. The van der Waals surface area contributed by atoms with Gasteiger partial charge >= 0.3 is 0 Å². The largest absolute Gasteiger partial charge is 0.382 e. The zero-order valence-electron chi connectivity index (χ0n) is 11.8. The van der Waals surface area contributed by atoms with E-state index in [1.54, 1.807) is 6.20 Å². The van der Waals surface area contributed by atoms with Gasteiger partial charge in [0.1, 0.15) is 11.5 Å². The Kier molecular flexibility index (Phi) is 5.28. The van der Waals surface area contributed by atoms with Gasteiger partial charge in [0.25, 0.3) is 0 Å². The van der Waals surface area contributed by atoms with Gasteiger partial charge in [-0.2, -0.15) is 0 Å². The Balaban J connectivity index is 2.90. The van der Waals surface area contributed by atoms with E-state index in [9.17, 15) is 0 Å². The molecule has 0 spiro atoms. The Hall–Kier alpha value is -1.42. The van der Waals surface area contributed by atoms with Crippen LogP contribution in [-0.2, 0) is 6.54 Å². The molecule has 1 heterocycles. The first kappa shape index (κ1) is 14.6. The van der Waals surface area contributed by atoms with E-state index in [4.69, 9.17) is 11.1 Å². The molecule has 18 heavy (non-hydrogen) atoms. The minimum atomic E-state index is 0.0406. The number of nitrogens with one attached hydrogen (secondary N) is 1. The van der Waals surface area contributed by atoms with Gasteiger partial charge in [-0.1, -0.05) is 19.9 Å². The number of hydrogen-bond donors (Lipinski definition) is 2. The van der Waals surface area contributed by atoms with E-state index in [2.05, 4.69) is 37.6 Å². The topological polar surface area (TPSA) is 66.0 Å². The minimum Gasteiger partial charge on any atom is -0.382 e. The van der Waals surface area contributed by atoms with Gasteiger partial charge in [0.05, 0.1) is 0 Å². The number of nitrogens with zero attached hydrogens (tertiary/aromatic N) is 2. The summed E-state index contributed by atoms with van der Waals surface area (Å²) in [6.07, 6.45) is 1.68. The summed E-state index contributed by atoms with van der Waals surface area (Å²) in [6, 6.07) is 4.36. The molecule has 0 amide bonds. The number of aromatic nitrogens is 1. The SMILES string of the molecule is CC(C)CN(Cc1cccnc1C(=N)N)C(C)C. The summed E-state index contributed by atoms with van der Waals surface area (Å²) >= 11 is 0. The lowest BCUT2D eigenvalue weighted by molar-refractivity contribution is 0.189. The van der Waals surface area contributed by atoms with Gasteiger partial charge in [-0.3, -0.25) is 15.3 Å². The standard InChI is InChI=1S/C14H24N4/c1-10(2)8-18(11(3)4)9-12-6-5-7-17-13(12)14(15)16/h5-7,10-11H,8-9H2,1-4H3,(H3,15,16). The third kappa shape index (κ3) is 4.11. The summed E-state index contributed by atoms with van der Waals surface area (Å²) in [7, 11) is 0. The van der Waals surface area contributed by atoms with Crippen molar-refractivity contribution in [3.63, 3.8) is 0 Å². The van der Waals surface area contributed by atoms with Gasteiger partial charge in [0, 0.05) is 25.3 Å². The van der Waals surface area contributed by atoms with Crippen LogP contribution in [0.2, 0.25) is 0 Å². The third-order valence-electron chi connectivity index (χ3n) is 2.85. The summed E-state index contributed by atoms with van der Waals surface area (Å²) in [6.45, 7) is 10.6. The molecule has 0 saturated heterocycles. The van der Waals surface area contributed by atoms with Crippen molar-refractivity contribution in [3.8, 4) is 0 Å². The smallest absolute Gasteiger partial charge is 0.142 e. The molecule has 0 aliphatic heterocycles. The highest BCUT2D eigenvalue weighted by Crippen LogP contribution is 2.13. The lowest BCUT2D eigenvalue weighted by Crippen LogP contribution is -2.34. The van der Waals surface area contributed by atoms with Crippen LogP contribution in [0.5, 0.6) is 0 Å². The van der Waals surface area contributed by atoms with Gasteiger partial charge in [-0.05, 0) is 31.4 Å². The van der Waals surface area contributed by atoms with Gasteiger partial charge in [0.2, 0.25) is 0 Å². The molecule has 1 aromatic rings. The van der Waals surface area contributed by atoms with E-state index < -0.39 is 0 Å². The highest BCUT2D eigenvalue weighted by molar-refractivity contribution is 5.94. The molecular weight excluding hydrogens is 224 g/mol. The van der Waals surface area contributed by atoms with Crippen LogP contribution in [0, 0.1) is 11.3 Å². The molecule has 0 fully saturated rings. The van der Waals surface area contributed by atoms with Crippen molar-refractivity contribution in [3.05, 3.63) is 29.6 Å².